The molecule has 0 spiro atoms. The number of carboxylic acids is 1. The lowest BCUT2D eigenvalue weighted by atomic mass is 10.3. The van der Waals surface area contributed by atoms with Gasteiger partial charge in [-0.3, -0.25) is 4.79 Å². The van der Waals surface area contributed by atoms with Gasteiger partial charge < -0.3 is 14.1 Å². The minimum Gasteiger partial charge on any atom is -0.480 e. The van der Waals surface area contributed by atoms with Crippen molar-refractivity contribution in [2.75, 3.05) is 0 Å². The van der Waals surface area contributed by atoms with Crippen molar-refractivity contribution >= 4 is 28.0 Å². The molecule has 0 saturated carbocycles. The predicted octanol–water partition coefficient (Wildman–Crippen LogP) is 1.44. The first-order chi connectivity index (χ1) is 9.41. The van der Waals surface area contributed by atoms with Gasteiger partial charge in [0.1, 0.15) is 11.3 Å². The zero-order valence-electron chi connectivity index (χ0n) is 11.2. The van der Waals surface area contributed by atoms with Crippen molar-refractivity contribution in [2.45, 2.75) is 19.9 Å². The molecule has 0 aromatic carbocycles. The predicted molar refractivity (Wildman–Crippen MR) is 71.8 cm³/mol. The quantitative estimate of drug-likeness (QED) is 0.764. The summed E-state index contributed by atoms with van der Waals surface area (Å²) in [4.78, 5) is 23.4. The summed E-state index contributed by atoms with van der Waals surface area (Å²) in [5.41, 5.74) is 1.34. The molecular weight excluding hydrogens is 262 g/mol. The maximum absolute atomic E-state index is 12.4. The first-order valence-corrected chi connectivity index (χ1v) is 6.11. The normalized spacial score (nSPS) is 13.2. The average molecular weight is 275 g/mol. The van der Waals surface area contributed by atoms with Crippen molar-refractivity contribution in [3.05, 3.63) is 28.4 Å². The van der Waals surface area contributed by atoms with Gasteiger partial charge in [0.2, 0.25) is 0 Å². The van der Waals surface area contributed by atoms with Crippen molar-refractivity contribution < 1.29 is 14.3 Å². The van der Waals surface area contributed by atoms with Crippen molar-refractivity contribution in [3.8, 4) is 0 Å². The lowest BCUT2D eigenvalue weighted by molar-refractivity contribution is -0.140. The van der Waals surface area contributed by atoms with Gasteiger partial charge in [0.25, 0.3) is 5.56 Å². The molecule has 3 aromatic rings. The number of hydrogen-bond donors (Lipinski definition) is 1. The summed E-state index contributed by atoms with van der Waals surface area (Å²) in [6, 6.07) is 0.814. The first-order valence-electron chi connectivity index (χ1n) is 6.11. The third-order valence-corrected chi connectivity index (χ3v) is 3.48. The molecule has 3 rings (SSSR count). The zero-order valence-corrected chi connectivity index (χ0v) is 11.2. The molecule has 0 aliphatic rings. The lowest BCUT2D eigenvalue weighted by Gasteiger charge is -2.09. The second-order valence-corrected chi connectivity index (χ2v) is 4.80. The van der Waals surface area contributed by atoms with E-state index < -0.39 is 17.6 Å². The van der Waals surface area contributed by atoms with Crippen LogP contribution in [0.15, 0.2) is 21.5 Å². The Labute approximate surface area is 113 Å². The van der Waals surface area contributed by atoms with Crippen LogP contribution in [0.2, 0.25) is 0 Å². The molecule has 7 heteroatoms. The smallest absolute Gasteiger partial charge is 0.328 e. The fourth-order valence-electron chi connectivity index (χ4n) is 2.39. The Morgan fingerprint density at radius 2 is 2.20 bits per heavy atom. The monoisotopic (exact) mass is 275 g/mol. The molecule has 20 heavy (non-hydrogen) atoms. The molecule has 0 aliphatic heterocycles. The van der Waals surface area contributed by atoms with E-state index in [1.54, 1.807) is 11.6 Å². The number of aromatic nitrogens is 3. The summed E-state index contributed by atoms with van der Waals surface area (Å²) in [5, 5.41) is 13.6. The van der Waals surface area contributed by atoms with E-state index in [9.17, 15) is 9.59 Å². The second-order valence-electron chi connectivity index (χ2n) is 4.80. The van der Waals surface area contributed by atoms with Crippen LogP contribution in [-0.2, 0) is 11.8 Å². The molecule has 104 valence electrons. The van der Waals surface area contributed by atoms with E-state index in [1.165, 1.54) is 13.1 Å². The van der Waals surface area contributed by atoms with Gasteiger partial charge in [-0.25, -0.2) is 9.48 Å². The highest BCUT2D eigenvalue weighted by molar-refractivity contribution is 6.04. The molecule has 0 unspecified atom stereocenters. The van der Waals surface area contributed by atoms with Gasteiger partial charge >= 0.3 is 5.97 Å². The van der Waals surface area contributed by atoms with E-state index >= 15 is 0 Å². The van der Waals surface area contributed by atoms with E-state index in [4.69, 9.17) is 9.52 Å². The molecule has 3 heterocycles. The van der Waals surface area contributed by atoms with Crippen molar-refractivity contribution in [2.24, 2.45) is 7.05 Å². The van der Waals surface area contributed by atoms with Crippen LogP contribution >= 0.6 is 0 Å². The minimum absolute atomic E-state index is 0.391. The summed E-state index contributed by atoms with van der Waals surface area (Å²) in [7, 11) is 1.75. The number of furan rings is 1. The molecule has 1 N–H and O–H groups in total. The number of rotatable bonds is 2. The summed E-state index contributed by atoms with van der Waals surface area (Å²) in [6.07, 6.45) is 1.47. The van der Waals surface area contributed by atoms with E-state index in [-0.39, 0.29) is 0 Å². The number of aliphatic carboxylic acids is 1. The number of hydrogen-bond acceptors (Lipinski definition) is 4. The fourth-order valence-corrected chi connectivity index (χ4v) is 2.39. The van der Waals surface area contributed by atoms with Crippen molar-refractivity contribution in [1.82, 2.24) is 14.3 Å². The molecule has 0 fully saturated rings. The average Bonchev–Trinajstić information content (AvgIpc) is 2.88. The Kier molecular flexibility index (Phi) is 2.47. The van der Waals surface area contributed by atoms with Gasteiger partial charge in [-0.1, -0.05) is 0 Å². The minimum atomic E-state index is -1.10. The van der Waals surface area contributed by atoms with E-state index in [1.807, 2.05) is 13.0 Å². The van der Waals surface area contributed by atoms with Gasteiger partial charge in [0.15, 0.2) is 11.6 Å². The fraction of sp³-hybridized carbons (Fsp3) is 0.308. The molecule has 0 radical (unpaired) electrons. The standard InChI is InChI=1S/C13H13N3O4/c1-6-4-9-11(20-6)8-5-14-16(7(2)13(18)19)12(17)10(8)15(9)3/h4-5,7H,1-3H3,(H,18,19)/t7-/m0/s1. The number of carboxylic acid groups (broad SMARTS) is 1. The lowest BCUT2D eigenvalue weighted by Crippen LogP contribution is -2.30. The van der Waals surface area contributed by atoms with Crippen LogP contribution in [0.5, 0.6) is 0 Å². The largest absolute Gasteiger partial charge is 0.480 e. The topological polar surface area (TPSA) is 90.3 Å². The van der Waals surface area contributed by atoms with Gasteiger partial charge in [0.05, 0.1) is 17.1 Å². The maximum Gasteiger partial charge on any atom is 0.328 e. The van der Waals surface area contributed by atoms with E-state index in [0.717, 1.165) is 16.0 Å². The molecule has 3 aromatic heterocycles. The van der Waals surface area contributed by atoms with Crippen LogP contribution < -0.4 is 5.56 Å². The number of nitrogens with zero attached hydrogens (tertiary/aromatic N) is 3. The van der Waals surface area contributed by atoms with Gasteiger partial charge in [-0.2, -0.15) is 5.10 Å². The first kappa shape index (κ1) is 12.5. The van der Waals surface area contributed by atoms with E-state index in [2.05, 4.69) is 5.10 Å². The van der Waals surface area contributed by atoms with Crippen LogP contribution in [0.4, 0.5) is 0 Å². The van der Waals surface area contributed by atoms with E-state index in [0.29, 0.717) is 16.5 Å². The summed E-state index contributed by atoms with van der Waals surface area (Å²) >= 11 is 0. The summed E-state index contributed by atoms with van der Waals surface area (Å²) < 4.78 is 8.25. The molecule has 1 atom stereocenters. The maximum atomic E-state index is 12.4. The molecule has 0 saturated heterocycles. The highest BCUT2D eigenvalue weighted by Crippen LogP contribution is 2.28. The zero-order chi connectivity index (χ0) is 14.6. The van der Waals surface area contributed by atoms with Gasteiger partial charge in [0, 0.05) is 13.1 Å². The van der Waals surface area contributed by atoms with Gasteiger partial charge in [-0.05, 0) is 13.8 Å². The Morgan fingerprint density at radius 3 is 2.85 bits per heavy atom. The third kappa shape index (κ3) is 1.49. The molecule has 0 bridgehead atoms. The Bertz CT molecular complexity index is 900. The van der Waals surface area contributed by atoms with Crippen LogP contribution in [0.3, 0.4) is 0 Å². The molecule has 7 nitrogen and oxygen atoms in total. The highest BCUT2D eigenvalue weighted by Gasteiger charge is 2.21. The van der Waals surface area contributed by atoms with Crippen LogP contribution in [0, 0.1) is 6.92 Å². The SMILES string of the molecule is Cc1cc2c(o1)c1cnn([C@@H](C)C(=O)O)c(=O)c1n2C. The Balaban J connectivity index is 2.42. The second kappa shape index (κ2) is 3.96. The molecular formula is C13H13N3O4. The molecule has 0 aliphatic carbocycles. The summed E-state index contributed by atoms with van der Waals surface area (Å²) in [5.74, 6) is -0.358. The van der Waals surface area contributed by atoms with Gasteiger partial charge in [-0.15, -0.1) is 0 Å². The Morgan fingerprint density at radius 1 is 1.50 bits per heavy atom. The number of aryl methyl sites for hydroxylation is 2. The molecule has 0 amide bonds. The van der Waals surface area contributed by atoms with Crippen LogP contribution in [0.1, 0.15) is 18.7 Å². The van der Waals surface area contributed by atoms with Crippen molar-refractivity contribution in [3.63, 3.8) is 0 Å². The highest BCUT2D eigenvalue weighted by atomic mass is 16.4. The Hall–Kier alpha value is -2.57. The van der Waals surface area contributed by atoms with Crippen LogP contribution in [-0.4, -0.2) is 25.4 Å². The summed E-state index contributed by atoms with van der Waals surface area (Å²) in [6.45, 7) is 3.24. The number of fused-ring (bicyclic) bond motifs is 3. The third-order valence-electron chi connectivity index (χ3n) is 3.48. The van der Waals surface area contributed by atoms with Crippen molar-refractivity contribution in [1.29, 1.82) is 0 Å². The number of carbonyl (C=O) groups is 1. The van der Waals surface area contributed by atoms with Crippen LogP contribution in [0.25, 0.3) is 22.0 Å².